The number of nitrogens with one attached hydrogen (secondary N) is 1. The van der Waals surface area contributed by atoms with Crippen LogP contribution in [0.5, 0.6) is 17.2 Å². The van der Waals surface area contributed by atoms with Crippen molar-refractivity contribution in [3.8, 4) is 23.1 Å². The van der Waals surface area contributed by atoms with Crippen LogP contribution < -0.4 is 14.8 Å². The van der Waals surface area contributed by atoms with Crippen molar-refractivity contribution in [3.05, 3.63) is 90.4 Å². The second kappa shape index (κ2) is 9.65. The van der Waals surface area contributed by atoms with E-state index >= 15 is 0 Å². The highest BCUT2D eigenvalue weighted by Crippen LogP contribution is 2.34. The number of halogens is 3. The van der Waals surface area contributed by atoms with Crippen LogP contribution in [0, 0.1) is 0 Å². The average Bonchev–Trinajstić information content (AvgIpc) is 3.29. The van der Waals surface area contributed by atoms with Crippen LogP contribution in [0.2, 0.25) is 0 Å². The van der Waals surface area contributed by atoms with E-state index in [2.05, 4.69) is 15.4 Å². The Morgan fingerprint density at radius 2 is 1.62 bits per heavy atom. The minimum Gasteiger partial charge on any atom is -0.494 e. The molecule has 10 heteroatoms. The summed E-state index contributed by atoms with van der Waals surface area (Å²) in [4.78, 5) is 16.5. The molecule has 0 unspecified atom stereocenters. The molecule has 0 atom stereocenters. The third kappa shape index (κ3) is 5.17. The third-order valence-electron chi connectivity index (χ3n) is 4.63. The first-order chi connectivity index (χ1) is 16.3. The molecule has 1 N–H and O–H groups in total. The fourth-order valence-electron chi connectivity index (χ4n) is 3.15. The average molecular weight is 468 g/mol. The van der Waals surface area contributed by atoms with Crippen LogP contribution in [0.4, 0.5) is 18.9 Å². The van der Waals surface area contributed by atoms with E-state index in [-0.39, 0.29) is 5.82 Å². The van der Waals surface area contributed by atoms with E-state index in [1.165, 1.54) is 30.5 Å². The summed E-state index contributed by atoms with van der Waals surface area (Å²) in [5.74, 6) is 0.787. The lowest BCUT2D eigenvalue weighted by Gasteiger charge is -2.12. The van der Waals surface area contributed by atoms with Gasteiger partial charge < -0.3 is 14.8 Å². The molecule has 0 bridgehead atoms. The van der Waals surface area contributed by atoms with Gasteiger partial charge in [0, 0.05) is 11.9 Å². The highest BCUT2D eigenvalue weighted by Gasteiger charge is 2.40. The number of anilines is 1. The van der Waals surface area contributed by atoms with E-state index in [0.717, 1.165) is 11.9 Å². The standard InChI is InChI=1S/C24H19F3N4O3/c1-2-33-17-10-12-19(13-11-17)34-18-8-6-16(7-9-18)30-23(32)20-15-29-31(22(20)24(25,26)27)21-5-3-4-14-28-21/h3-15H,2H2,1H3,(H,30,32). The van der Waals surface area contributed by atoms with Gasteiger partial charge in [-0.05, 0) is 67.6 Å². The second-order valence-electron chi connectivity index (χ2n) is 6.99. The third-order valence-corrected chi connectivity index (χ3v) is 4.63. The van der Waals surface area contributed by atoms with E-state index in [0.29, 0.717) is 28.5 Å². The van der Waals surface area contributed by atoms with Crippen molar-refractivity contribution in [2.24, 2.45) is 0 Å². The molecule has 0 aliphatic heterocycles. The van der Waals surface area contributed by atoms with E-state index in [4.69, 9.17) is 9.47 Å². The summed E-state index contributed by atoms with van der Waals surface area (Å²) in [5, 5.41) is 6.20. The highest BCUT2D eigenvalue weighted by atomic mass is 19.4. The number of carbonyl (C=O) groups excluding carboxylic acids is 1. The van der Waals surface area contributed by atoms with Crippen molar-refractivity contribution < 1.29 is 27.4 Å². The normalized spacial score (nSPS) is 11.2. The first kappa shape index (κ1) is 22.8. The summed E-state index contributed by atoms with van der Waals surface area (Å²) in [6.45, 7) is 2.45. The van der Waals surface area contributed by atoms with Gasteiger partial charge in [0.2, 0.25) is 0 Å². The smallest absolute Gasteiger partial charge is 0.434 e. The van der Waals surface area contributed by atoms with Gasteiger partial charge in [0.1, 0.15) is 17.2 Å². The maximum atomic E-state index is 13.8. The molecule has 0 saturated carbocycles. The Morgan fingerprint density at radius 1 is 0.971 bits per heavy atom. The molecular formula is C24H19F3N4O3. The number of hydrogen-bond donors (Lipinski definition) is 1. The number of alkyl halides is 3. The number of hydrogen-bond acceptors (Lipinski definition) is 5. The van der Waals surface area contributed by atoms with E-state index in [9.17, 15) is 18.0 Å². The summed E-state index contributed by atoms with van der Waals surface area (Å²) in [6.07, 6.45) is -2.61. The van der Waals surface area contributed by atoms with Gasteiger partial charge >= 0.3 is 6.18 Å². The number of amides is 1. The maximum absolute atomic E-state index is 13.8. The van der Waals surface area contributed by atoms with Crippen molar-refractivity contribution in [1.29, 1.82) is 0 Å². The number of carbonyl (C=O) groups is 1. The molecule has 174 valence electrons. The fourth-order valence-corrected chi connectivity index (χ4v) is 3.15. The van der Waals surface area contributed by atoms with Gasteiger partial charge in [-0.25, -0.2) is 9.67 Å². The number of benzene rings is 2. The van der Waals surface area contributed by atoms with Crippen molar-refractivity contribution in [1.82, 2.24) is 14.8 Å². The molecule has 34 heavy (non-hydrogen) atoms. The van der Waals surface area contributed by atoms with E-state index in [1.807, 2.05) is 6.92 Å². The Balaban J connectivity index is 1.49. The molecule has 7 nitrogen and oxygen atoms in total. The van der Waals surface area contributed by atoms with Gasteiger partial charge in [-0.2, -0.15) is 18.3 Å². The monoisotopic (exact) mass is 468 g/mol. The zero-order valence-electron chi connectivity index (χ0n) is 17.9. The predicted octanol–water partition coefficient (Wildman–Crippen LogP) is 5.73. The molecule has 2 aromatic heterocycles. The van der Waals surface area contributed by atoms with Gasteiger partial charge in [-0.3, -0.25) is 4.79 Å². The summed E-state index contributed by atoms with van der Waals surface area (Å²) in [6, 6.07) is 17.7. The van der Waals surface area contributed by atoms with Crippen LogP contribution in [-0.2, 0) is 6.18 Å². The van der Waals surface area contributed by atoms with E-state index in [1.54, 1.807) is 42.5 Å². The molecule has 0 saturated heterocycles. The van der Waals surface area contributed by atoms with Crippen molar-refractivity contribution >= 4 is 11.6 Å². The fraction of sp³-hybridized carbons (Fsp3) is 0.125. The number of nitrogens with zero attached hydrogens (tertiary/aromatic N) is 3. The lowest BCUT2D eigenvalue weighted by molar-refractivity contribution is -0.143. The Labute approximate surface area is 192 Å². The molecule has 1 amide bonds. The van der Waals surface area contributed by atoms with Gasteiger partial charge in [0.05, 0.1) is 18.4 Å². The summed E-state index contributed by atoms with van der Waals surface area (Å²) in [5.41, 5.74) is -1.53. The van der Waals surface area contributed by atoms with Gasteiger partial charge in [-0.1, -0.05) is 6.07 Å². The molecular weight excluding hydrogens is 449 g/mol. The van der Waals surface area contributed by atoms with E-state index < -0.39 is 23.3 Å². The van der Waals surface area contributed by atoms with Gasteiger partial charge in [0.25, 0.3) is 5.91 Å². The lowest BCUT2D eigenvalue weighted by atomic mass is 10.2. The molecule has 0 aliphatic carbocycles. The molecule has 0 fully saturated rings. The number of ether oxygens (including phenoxy) is 2. The second-order valence-corrected chi connectivity index (χ2v) is 6.99. The Kier molecular flexibility index (Phi) is 6.48. The Hall–Kier alpha value is -4.34. The van der Waals surface area contributed by atoms with Crippen molar-refractivity contribution in [3.63, 3.8) is 0 Å². The largest absolute Gasteiger partial charge is 0.494 e. The maximum Gasteiger partial charge on any atom is 0.434 e. The summed E-state index contributed by atoms with van der Waals surface area (Å²) in [7, 11) is 0. The topological polar surface area (TPSA) is 78.3 Å². The minimum atomic E-state index is -4.82. The number of aromatic nitrogens is 3. The van der Waals surface area contributed by atoms with Crippen LogP contribution in [0.25, 0.3) is 5.82 Å². The quantitative estimate of drug-likeness (QED) is 0.375. The number of rotatable bonds is 7. The van der Waals surface area contributed by atoms with Crippen LogP contribution in [0.3, 0.4) is 0 Å². The zero-order chi connectivity index (χ0) is 24.1. The summed E-state index contributed by atoms with van der Waals surface area (Å²) < 4.78 is 53.0. The number of pyridine rings is 1. The molecule has 4 aromatic rings. The van der Waals surface area contributed by atoms with Crippen LogP contribution in [-0.4, -0.2) is 27.3 Å². The van der Waals surface area contributed by atoms with Crippen LogP contribution in [0.1, 0.15) is 23.0 Å². The molecule has 2 heterocycles. The molecule has 0 spiro atoms. The highest BCUT2D eigenvalue weighted by molar-refractivity contribution is 6.05. The minimum absolute atomic E-state index is 0.0512. The van der Waals surface area contributed by atoms with Crippen LogP contribution in [0.15, 0.2) is 79.1 Å². The zero-order valence-corrected chi connectivity index (χ0v) is 17.9. The molecule has 0 aliphatic rings. The Bertz CT molecular complexity index is 1260. The summed E-state index contributed by atoms with van der Waals surface area (Å²) >= 11 is 0. The first-order valence-electron chi connectivity index (χ1n) is 10.2. The SMILES string of the molecule is CCOc1ccc(Oc2ccc(NC(=O)c3cnn(-c4ccccn4)c3C(F)(F)F)cc2)cc1. The predicted molar refractivity (Wildman–Crippen MR) is 118 cm³/mol. The van der Waals surface area contributed by atoms with Crippen molar-refractivity contribution in [2.75, 3.05) is 11.9 Å². The van der Waals surface area contributed by atoms with Crippen LogP contribution >= 0.6 is 0 Å². The van der Waals surface area contributed by atoms with Gasteiger partial charge in [0.15, 0.2) is 11.5 Å². The van der Waals surface area contributed by atoms with Gasteiger partial charge in [-0.15, -0.1) is 0 Å². The molecule has 2 aromatic carbocycles. The van der Waals surface area contributed by atoms with Crippen molar-refractivity contribution in [2.45, 2.75) is 13.1 Å². The Morgan fingerprint density at radius 3 is 2.21 bits per heavy atom. The molecule has 0 radical (unpaired) electrons. The lowest BCUT2D eigenvalue weighted by Crippen LogP contribution is -2.21. The molecule has 4 rings (SSSR count). The first-order valence-corrected chi connectivity index (χ1v) is 10.2.